The van der Waals surface area contributed by atoms with E-state index in [2.05, 4.69) is 16.0 Å². The van der Waals surface area contributed by atoms with Crippen LogP contribution in [-0.4, -0.2) is 19.0 Å². The lowest BCUT2D eigenvalue weighted by Crippen LogP contribution is -2.32. The SMILES string of the molecule is CNC(=O)NCc1cccc(NC(=O)CC(C)C)c1. The van der Waals surface area contributed by atoms with Crippen molar-refractivity contribution in [2.75, 3.05) is 12.4 Å². The summed E-state index contributed by atoms with van der Waals surface area (Å²) in [6, 6.07) is 7.21. The molecule has 0 aromatic heterocycles. The number of amides is 3. The molecular weight excluding hydrogens is 242 g/mol. The Hall–Kier alpha value is -2.04. The van der Waals surface area contributed by atoms with Gasteiger partial charge in [0.2, 0.25) is 5.91 Å². The second-order valence-corrected chi connectivity index (χ2v) is 4.78. The Balaban J connectivity index is 2.56. The average molecular weight is 263 g/mol. The van der Waals surface area contributed by atoms with E-state index in [1.54, 1.807) is 7.05 Å². The average Bonchev–Trinajstić information content (AvgIpc) is 2.35. The van der Waals surface area contributed by atoms with Crippen molar-refractivity contribution in [1.29, 1.82) is 0 Å². The largest absolute Gasteiger partial charge is 0.341 e. The van der Waals surface area contributed by atoms with Crippen LogP contribution in [0.2, 0.25) is 0 Å². The number of urea groups is 1. The van der Waals surface area contributed by atoms with Crippen LogP contribution in [-0.2, 0) is 11.3 Å². The van der Waals surface area contributed by atoms with Gasteiger partial charge in [-0.15, -0.1) is 0 Å². The molecule has 0 atom stereocenters. The maximum Gasteiger partial charge on any atom is 0.314 e. The van der Waals surface area contributed by atoms with Crippen LogP contribution in [0.5, 0.6) is 0 Å². The van der Waals surface area contributed by atoms with Crippen molar-refractivity contribution in [2.45, 2.75) is 26.8 Å². The van der Waals surface area contributed by atoms with E-state index < -0.39 is 0 Å². The van der Waals surface area contributed by atoms with Gasteiger partial charge in [0.25, 0.3) is 0 Å². The maximum absolute atomic E-state index is 11.7. The van der Waals surface area contributed by atoms with Gasteiger partial charge in [0, 0.05) is 25.7 Å². The topological polar surface area (TPSA) is 70.2 Å². The number of hydrogen-bond donors (Lipinski definition) is 3. The van der Waals surface area contributed by atoms with Crippen molar-refractivity contribution < 1.29 is 9.59 Å². The number of rotatable bonds is 5. The Bertz CT molecular complexity index is 444. The van der Waals surface area contributed by atoms with Crippen LogP contribution in [0, 0.1) is 5.92 Å². The molecule has 104 valence electrons. The summed E-state index contributed by atoms with van der Waals surface area (Å²) < 4.78 is 0. The van der Waals surface area contributed by atoms with Crippen molar-refractivity contribution in [2.24, 2.45) is 5.92 Å². The lowest BCUT2D eigenvalue weighted by molar-refractivity contribution is -0.116. The third-order valence-corrected chi connectivity index (χ3v) is 2.48. The summed E-state index contributed by atoms with van der Waals surface area (Å²) in [5, 5.41) is 8.03. The number of carbonyl (C=O) groups is 2. The van der Waals surface area contributed by atoms with Crippen LogP contribution in [0.3, 0.4) is 0 Å². The molecule has 0 spiro atoms. The van der Waals surface area contributed by atoms with Gasteiger partial charge in [0.1, 0.15) is 0 Å². The van der Waals surface area contributed by atoms with E-state index in [-0.39, 0.29) is 11.9 Å². The molecule has 1 rings (SSSR count). The highest BCUT2D eigenvalue weighted by atomic mass is 16.2. The molecule has 0 saturated heterocycles. The summed E-state index contributed by atoms with van der Waals surface area (Å²) in [6.07, 6.45) is 0.501. The Morgan fingerprint density at radius 3 is 2.63 bits per heavy atom. The second-order valence-electron chi connectivity index (χ2n) is 4.78. The molecule has 3 N–H and O–H groups in total. The van der Waals surface area contributed by atoms with Gasteiger partial charge in [0.15, 0.2) is 0 Å². The summed E-state index contributed by atoms with van der Waals surface area (Å²) in [5.74, 6) is 0.338. The molecule has 0 saturated carbocycles. The Labute approximate surface area is 113 Å². The quantitative estimate of drug-likeness (QED) is 0.761. The number of anilines is 1. The van der Waals surface area contributed by atoms with Gasteiger partial charge in [0.05, 0.1) is 0 Å². The number of carbonyl (C=O) groups excluding carboxylic acids is 2. The minimum absolute atomic E-state index is 0.00594. The Morgan fingerprint density at radius 1 is 1.26 bits per heavy atom. The van der Waals surface area contributed by atoms with E-state index >= 15 is 0 Å². The highest BCUT2D eigenvalue weighted by Crippen LogP contribution is 2.12. The molecular formula is C14H21N3O2. The maximum atomic E-state index is 11.7. The minimum atomic E-state index is -0.228. The lowest BCUT2D eigenvalue weighted by atomic mass is 10.1. The Morgan fingerprint density at radius 2 is 2.00 bits per heavy atom. The predicted molar refractivity (Wildman–Crippen MR) is 75.8 cm³/mol. The molecule has 1 aromatic rings. The molecule has 0 aliphatic carbocycles. The van der Waals surface area contributed by atoms with Gasteiger partial charge in [-0.1, -0.05) is 26.0 Å². The van der Waals surface area contributed by atoms with Crippen molar-refractivity contribution in [3.63, 3.8) is 0 Å². The first-order valence-corrected chi connectivity index (χ1v) is 6.35. The lowest BCUT2D eigenvalue weighted by Gasteiger charge is -2.09. The van der Waals surface area contributed by atoms with E-state index in [1.165, 1.54) is 0 Å². The number of nitrogens with one attached hydrogen (secondary N) is 3. The molecule has 0 aliphatic heterocycles. The normalized spacial score (nSPS) is 10.1. The van der Waals surface area contributed by atoms with Crippen LogP contribution in [0.25, 0.3) is 0 Å². The zero-order chi connectivity index (χ0) is 14.3. The van der Waals surface area contributed by atoms with Crippen molar-refractivity contribution in [1.82, 2.24) is 10.6 Å². The fourth-order valence-corrected chi connectivity index (χ4v) is 1.61. The Kier molecular flexibility index (Phi) is 5.85. The first-order valence-electron chi connectivity index (χ1n) is 6.35. The number of hydrogen-bond acceptors (Lipinski definition) is 2. The first kappa shape index (κ1) is 15.0. The summed E-state index contributed by atoms with van der Waals surface area (Å²) in [6.45, 7) is 4.43. The van der Waals surface area contributed by atoms with Crippen LogP contribution in [0.4, 0.5) is 10.5 Å². The van der Waals surface area contributed by atoms with Crippen LogP contribution in [0.1, 0.15) is 25.8 Å². The summed E-state index contributed by atoms with van der Waals surface area (Å²) in [7, 11) is 1.57. The van der Waals surface area contributed by atoms with E-state index in [1.807, 2.05) is 38.1 Å². The second kappa shape index (κ2) is 7.41. The highest BCUT2D eigenvalue weighted by molar-refractivity contribution is 5.90. The molecule has 0 heterocycles. The zero-order valence-corrected chi connectivity index (χ0v) is 11.6. The van der Waals surface area contributed by atoms with Crippen LogP contribution >= 0.6 is 0 Å². The highest BCUT2D eigenvalue weighted by Gasteiger charge is 2.05. The van der Waals surface area contributed by atoms with Crippen LogP contribution < -0.4 is 16.0 Å². The van der Waals surface area contributed by atoms with Crippen LogP contribution in [0.15, 0.2) is 24.3 Å². The summed E-state index contributed by atoms with van der Waals surface area (Å²) in [4.78, 5) is 22.7. The van der Waals surface area contributed by atoms with Crippen molar-refractivity contribution in [3.05, 3.63) is 29.8 Å². The predicted octanol–water partition coefficient (Wildman–Crippen LogP) is 2.10. The smallest absolute Gasteiger partial charge is 0.314 e. The summed E-state index contributed by atoms with van der Waals surface area (Å²) in [5.41, 5.74) is 1.69. The molecule has 5 nitrogen and oxygen atoms in total. The monoisotopic (exact) mass is 263 g/mol. The molecule has 0 aliphatic rings. The van der Waals surface area contributed by atoms with Gasteiger partial charge < -0.3 is 16.0 Å². The standard InChI is InChI=1S/C14H21N3O2/c1-10(2)7-13(18)17-12-6-4-5-11(8-12)9-16-14(19)15-3/h4-6,8,10H,7,9H2,1-3H3,(H,17,18)(H2,15,16,19). The molecule has 19 heavy (non-hydrogen) atoms. The third kappa shape index (κ3) is 5.90. The molecule has 0 unspecified atom stereocenters. The van der Waals surface area contributed by atoms with Crippen molar-refractivity contribution in [3.8, 4) is 0 Å². The number of benzene rings is 1. The fraction of sp³-hybridized carbons (Fsp3) is 0.429. The molecule has 0 bridgehead atoms. The molecule has 0 radical (unpaired) electrons. The zero-order valence-electron chi connectivity index (χ0n) is 11.6. The van der Waals surface area contributed by atoms with E-state index in [4.69, 9.17) is 0 Å². The minimum Gasteiger partial charge on any atom is -0.341 e. The van der Waals surface area contributed by atoms with Gasteiger partial charge in [-0.3, -0.25) is 4.79 Å². The van der Waals surface area contributed by atoms with Gasteiger partial charge >= 0.3 is 6.03 Å². The van der Waals surface area contributed by atoms with Gasteiger partial charge in [-0.05, 0) is 23.6 Å². The first-order chi connectivity index (χ1) is 9.01. The van der Waals surface area contributed by atoms with E-state index in [0.29, 0.717) is 18.9 Å². The molecule has 5 heteroatoms. The van der Waals surface area contributed by atoms with E-state index in [0.717, 1.165) is 11.3 Å². The summed E-state index contributed by atoms with van der Waals surface area (Å²) >= 11 is 0. The van der Waals surface area contributed by atoms with Gasteiger partial charge in [-0.2, -0.15) is 0 Å². The molecule has 3 amide bonds. The third-order valence-electron chi connectivity index (χ3n) is 2.48. The molecule has 1 aromatic carbocycles. The van der Waals surface area contributed by atoms with Crippen molar-refractivity contribution >= 4 is 17.6 Å². The molecule has 0 fully saturated rings. The van der Waals surface area contributed by atoms with E-state index in [9.17, 15) is 9.59 Å². The van der Waals surface area contributed by atoms with Gasteiger partial charge in [-0.25, -0.2) is 4.79 Å². The fourth-order valence-electron chi connectivity index (χ4n) is 1.61.